The van der Waals surface area contributed by atoms with E-state index in [1.165, 1.54) is 122 Å². The fraction of sp³-hybridized carbons (Fsp3) is 0.981. The second-order valence-corrected chi connectivity index (χ2v) is 20.8. The van der Waals surface area contributed by atoms with Crippen molar-refractivity contribution >= 4 is 5.91 Å². The molecule has 2 aliphatic rings. The Morgan fingerprint density at radius 3 is 1.33 bits per heavy atom. The zero-order chi connectivity index (χ0) is 50.8. The highest BCUT2D eigenvalue weighted by Crippen LogP contribution is 2.30. The SMILES string of the molecule is CCCCCCCCCCCCCCCCCCCCC[C@@H](O)C(=O)N[C@@H](CO[C@H]1O[C@H](CO)[C@H](O)[C@H](O)[C@H]1O[C@H]1O[C@H](CO)[C@@H](O)[C@H](O)[C@H]1O)[C@H](O)[C@H](O)CCCCCCCCCCCC(C)C. The molecule has 0 aromatic rings. The average Bonchev–Trinajstić information content (AvgIpc) is 3.33. The molecular formula is C53H103NO15. The second-order valence-electron chi connectivity index (χ2n) is 20.8. The molecular weight excluding hydrogens is 891 g/mol. The van der Waals surface area contributed by atoms with E-state index in [1.54, 1.807) is 0 Å². The van der Waals surface area contributed by atoms with Crippen molar-refractivity contribution in [3.8, 4) is 0 Å². The van der Waals surface area contributed by atoms with Crippen LogP contribution in [0.5, 0.6) is 0 Å². The maximum absolute atomic E-state index is 13.4. The van der Waals surface area contributed by atoms with Gasteiger partial charge in [0.1, 0.15) is 61.0 Å². The van der Waals surface area contributed by atoms with Crippen molar-refractivity contribution in [3.63, 3.8) is 0 Å². The summed E-state index contributed by atoms with van der Waals surface area (Å²) < 4.78 is 22.9. The maximum Gasteiger partial charge on any atom is 0.249 e. The molecule has 14 atom stereocenters. The van der Waals surface area contributed by atoms with Gasteiger partial charge < -0.3 is 75.3 Å². The first-order chi connectivity index (χ1) is 33.3. The summed E-state index contributed by atoms with van der Waals surface area (Å²) in [5, 5.41) is 109. The lowest BCUT2D eigenvalue weighted by Crippen LogP contribution is -2.65. The third-order valence-electron chi connectivity index (χ3n) is 14.2. The van der Waals surface area contributed by atoms with E-state index in [2.05, 4.69) is 26.1 Å². The lowest BCUT2D eigenvalue weighted by atomic mass is 9.97. The van der Waals surface area contributed by atoms with Crippen molar-refractivity contribution in [3.05, 3.63) is 0 Å². The standard InChI is InChI=1S/C53H103NO15/c1-4-5-6-7-8-9-10-11-12-13-14-15-16-17-18-21-25-28-31-34-41(58)51(65)54-39(44(59)40(57)33-30-27-24-22-19-20-23-26-29-32-38(2)3)37-66-53-50(48(63)46(61)43(36-56)68-53)69-52-49(64)47(62)45(60)42(35-55)67-52/h38-50,52-53,55-64H,4-37H2,1-3H3,(H,54,65)/t39-,40+,41+,42+,43+,44-,45+,46-,47-,48-,49+,50+,52+,53-/m0/s1. The molecule has 0 unspecified atom stereocenters. The van der Waals surface area contributed by atoms with Crippen LogP contribution < -0.4 is 5.32 Å². The second kappa shape index (κ2) is 39.4. The van der Waals surface area contributed by atoms with Gasteiger partial charge in [-0.25, -0.2) is 0 Å². The Morgan fingerprint density at radius 2 is 0.899 bits per heavy atom. The predicted molar refractivity (Wildman–Crippen MR) is 266 cm³/mol. The molecule has 0 saturated carbocycles. The van der Waals surface area contributed by atoms with E-state index in [4.69, 9.17) is 18.9 Å². The lowest BCUT2D eigenvalue weighted by Gasteiger charge is -2.46. The Kier molecular flexibility index (Phi) is 36.5. The molecule has 0 aromatic heterocycles. The summed E-state index contributed by atoms with van der Waals surface area (Å²) in [5.41, 5.74) is 0. The minimum absolute atomic E-state index is 0.192. The molecule has 69 heavy (non-hydrogen) atoms. The van der Waals surface area contributed by atoms with E-state index < -0.39 is 111 Å². The van der Waals surface area contributed by atoms with Crippen LogP contribution >= 0.6 is 0 Å². The van der Waals surface area contributed by atoms with Crippen LogP contribution in [-0.2, 0) is 23.7 Å². The van der Waals surface area contributed by atoms with Crippen molar-refractivity contribution in [2.75, 3.05) is 19.8 Å². The number of carbonyl (C=O) groups excluding carboxylic acids is 1. The molecule has 2 heterocycles. The summed E-state index contributed by atoms with van der Waals surface area (Å²) in [6, 6.07) is -1.31. The molecule has 2 aliphatic heterocycles. The number of aliphatic hydroxyl groups excluding tert-OH is 10. The van der Waals surface area contributed by atoms with E-state index in [1.807, 2.05) is 0 Å². The van der Waals surface area contributed by atoms with Crippen molar-refractivity contribution in [2.45, 2.75) is 306 Å². The highest BCUT2D eigenvalue weighted by atomic mass is 16.8. The third kappa shape index (κ3) is 26.6. The average molecular weight is 994 g/mol. The predicted octanol–water partition coefficient (Wildman–Crippen LogP) is 5.96. The van der Waals surface area contributed by atoms with Gasteiger partial charge in [-0.2, -0.15) is 0 Å². The van der Waals surface area contributed by atoms with Crippen LogP contribution in [0.3, 0.4) is 0 Å². The van der Waals surface area contributed by atoms with Crippen molar-refractivity contribution < 1.29 is 74.8 Å². The topological polar surface area (TPSA) is 268 Å². The molecule has 0 bridgehead atoms. The lowest BCUT2D eigenvalue weighted by molar-refractivity contribution is -0.368. The van der Waals surface area contributed by atoms with Crippen LogP contribution in [0.1, 0.15) is 220 Å². The Labute approximate surface area is 416 Å². The summed E-state index contributed by atoms with van der Waals surface area (Å²) in [4.78, 5) is 13.4. The van der Waals surface area contributed by atoms with E-state index >= 15 is 0 Å². The Balaban J connectivity index is 1.91. The molecule has 2 fully saturated rings. The Bertz CT molecular complexity index is 1220. The van der Waals surface area contributed by atoms with Gasteiger partial charge in [0.25, 0.3) is 0 Å². The first kappa shape index (κ1) is 64.0. The van der Waals surface area contributed by atoms with Gasteiger partial charge in [-0.3, -0.25) is 4.79 Å². The van der Waals surface area contributed by atoms with Crippen LogP contribution in [-0.4, -0.2) is 163 Å². The molecule has 16 heteroatoms. The van der Waals surface area contributed by atoms with E-state index in [9.17, 15) is 55.9 Å². The first-order valence-corrected chi connectivity index (χ1v) is 27.8. The number of aliphatic hydroxyl groups is 10. The monoisotopic (exact) mass is 994 g/mol. The Morgan fingerprint density at radius 1 is 0.507 bits per heavy atom. The number of unbranched alkanes of at least 4 members (excludes halogenated alkanes) is 26. The van der Waals surface area contributed by atoms with Gasteiger partial charge in [-0.05, 0) is 18.8 Å². The van der Waals surface area contributed by atoms with Gasteiger partial charge in [0.15, 0.2) is 12.6 Å². The summed E-state index contributed by atoms with van der Waals surface area (Å²) in [7, 11) is 0. The summed E-state index contributed by atoms with van der Waals surface area (Å²) >= 11 is 0. The summed E-state index contributed by atoms with van der Waals surface area (Å²) in [6.07, 6.45) is 13.7. The molecule has 1 amide bonds. The molecule has 2 saturated heterocycles. The van der Waals surface area contributed by atoms with Crippen molar-refractivity contribution in [1.82, 2.24) is 5.32 Å². The molecule has 0 aliphatic carbocycles. The van der Waals surface area contributed by atoms with Crippen LogP contribution in [0.4, 0.5) is 0 Å². The van der Waals surface area contributed by atoms with Gasteiger partial charge in [-0.1, -0.05) is 207 Å². The number of carbonyl (C=O) groups is 1. The summed E-state index contributed by atoms with van der Waals surface area (Å²) in [6.45, 7) is 4.68. The minimum Gasteiger partial charge on any atom is -0.394 e. The Hall–Kier alpha value is -1.09. The number of nitrogens with one attached hydrogen (secondary N) is 1. The normalized spacial score (nSPS) is 27.1. The number of ether oxygens (including phenoxy) is 4. The van der Waals surface area contributed by atoms with Crippen LogP contribution in [0.2, 0.25) is 0 Å². The highest BCUT2D eigenvalue weighted by molar-refractivity contribution is 5.80. The van der Waals surface area contributed by atoms with Crippen LogP contribution in [0, 0.1) is 5.92 Å². The van der Waals surface area contributed by atoms with E-state index in [0.29, 0.717) is 12.8 Å². The smallest absolute Gasteiger partial charge is 0.249 e. The van der Waals surface area contributed by atoms with Crippen LogP contribution in [0.15, 0.2) is 0 Å². The molecule has 11 N–H and O–H groups in total. The zero-order valence-electron chi connectivity index (χ0n) is 43.2. The number of amides is 1. The van der Waals surface area contributed by atoms with Gasteiger partial charge in [0, 0.05) is 0 Å². The number of hydrogen-bond acceptors (Lipinski definition) is 15. The van der Waals surface area contributed by atoms with Gasteiger partial charge in [0.2, 0.25) is 5.91 Å². The van der Waals surface area contributed by atoms with E-state index in [0.717, 1.165) is 57.3 Å². The summed E-state index contributed by atoms with van der Waals surface area (Å²) in [5.74, 6) is -0.0406. The molecule has 2 rings (SSSR count). The molecule has 0 spiro atoms. The van der Waals surface area contributed by atoms with Crippen molar-refractivity contribution in [1.29, 1.82) is 0 Å². The fourth-order valence-electron chi connectivity index (χ4n) is 9.50. The highest BCUT2D eigenvalue weighted by Gasteiger charge is 2.51. The molecule has 0 radical (unpaired) electrons. The van der Waals surface area contributed by atoms with Gasteiger partial charge in [0.05, 0.1) is 32.0 Å². The molecule has 410 valence electrons. The largest absolute Gasteiger partial charge is 0.394 e. The van der Waals surface area contributed by atoms with E-state index in [-0.39, 0.29) is 12.8 Å². The number of hydrogen-bond donors (Lipinski definition) is 11. The molecule has 0 aromatic carbocycles. The van der Waals surface area contributed by atoms with Gasteiger partial charge in [-0.15, -0.1) is 0 Å². The van der Waals surface area contributed by atoms with Crippen LogP contribution in [0.25, 0.3) is 0 Å². The number of rotatable bonds is 43. The molecule has 16 nitrogen and oxygen atoms in total. The minimum atomic E-state index is -1.87. The fourth-order valence-corrected chi connectivity index (χ4v) is 9.50. The first-order valence-electron chi connectivity index (χ1n) is 27.8. The quantitative estimate of drug-likeness (QED) is 0.0315. The zero-order valence-corrected chi connectivity index (χ0v) is 43.2. The van der Waals surface area contributed by atoms with Gasteiger partial charge >= 0.3 is 0 Å². The van der Waals surface area contributed by atoms with Crippen molar-refractivity contribution in [2.24, 2.45) is 5.92 Å². The maximum atomic E-state index is 13.4. The third-order valence-corrected chi connectivity index (χ3v) is 14.2.